The van der Waals surface area contributed by atoms with E-state index < -0.39 is 6.10 Å². The van der Waals surface area contributed by atoms with Crippen LogP contribution in [0.2, 0.25) is 0 Å². The Morgan fingerprint density at radius 1 is 1.70 bits per heavy atom. The fraction of sp³-hybridized carbons (Fsp3) is 0.250. The molecule has 0 amide bonds. The average molecular weight is 152 g/mol. The Morgan fingerprint density at radius 3 is 2.80 bits per heavy atom. The minimum Gasteiger partial charge on any atom is -0.375 e. The lowest BCUT2D eigenvalue weighted by Gasteiger charge is -1.95. The van der Waals surface area contributed by atoms with Gasteiger partial charge in [-0.2, -0.15) is 0 Å². The van der Waals surface area contributed by atoms with Crippen LogP contribution in [0.1, 0.15) is 15.9 Å². The van der Waals surface area contributed by atoms with Gasteiger partial charge >= 0.3 is 0 Å². The number of rotatable bonds is 1. The van der Waals surface area contributed by atoms with Crippen molar-refractivity contribution in [1.82, 2.24) is 0 Å². The second kappa shape index (κ2) is 2.87. The molecular formula is C8H8OS. The fourth-order valence-corrected chi connectivity index (χ4v) is 1.51. The van der Waals surface area contributed by atoms with Gasteiger partial charge in [0, 0.05) is 9.75 Å². The van der Waals surface area contributed by atoms with Gasteiger partial charge in [0.15, 0.2) is 0 Å². The zero-order valence-electron chi connectivity index (χ0n) is 5.66. The van der Waals surface area contributed by atoms with Gasteiger partial charge in [-0.25, -0.2) is 0 Å². The molecule has 1 heterocycles. The summed E-state index contributed by atoms with van der Waals surface area (Å²) in [5.74, 6) is 2.26. The van der Waals surface area contributed by atoms with E-state index in [0.29, 0.717) is 0 Å². The summed E-state index contributed by atoms with van der Waals surface area (Å²) in [5.41, 5.74) is 0. The second-order valence-corrected chi connectivity index (χ2v) is 3.34. The lowest BCUT2D eigenvalue weighted by atomic mass is 10.3. The first-order chi connectivity index (χ1) is 4.74. The molecule has 1 N–H and O–H groups in total. The minimum atomic E-state index is -0.723. The van der Waals surface area contributed by atoms with Gasteiger partial charge < -0.3 is 5.11 Å². The van der Waals surface area contributed by atoms with E-state index >= 15 is 0 Å². The van der Waals surface area contributed by atoms with Crippen LogP contribution in [0, 0.1) is 19.3 Å². The van der Waals surface area contributed by atoms with Crippen molar-refractivity contribution < 1.29 is 5.11 Å². The molecule has 1 nitrogen and oxygen atoms in total. The van der Waals surface area contributed by atoms with E-state index in [0.717, 1.165) is 4.88 Å². The lowest BCUT2D eigenvalue weighted by molar-refractivity contribution is 0.242. The molecule has 0 aliphatic carbocycles. The van der Waals surface area contributed by atoms with Crippen LogP contribution in [-0.2, 0) is 0 Å². The molecule has 10 heavy (non-hydrogen) atoms. The van der Waals surface area contributed by atoms with Crippen molar-refractivity contribution in [2.24, 2.45) is 0 Å². The smallest absolute Gasteiger partial charge is 0.149 e. The van der Waals surface area contributed by atoms with Crippen LogP contribution in [0.15, 0.2) is 12.1 Å². The molecule has 1 atom stereocenters. The predicted molar refractivity (Wildman–Crippen MR) is 42.8 cm³/mol. The minimum absolute atomic E-state index is 0.723. The maximum Gasteiger partial charge on any atom is 0.149 e. The molecule has 0 aliphatic heterocycles. The van der Waals surface area contributed by atoms with Crippen LogP contribution in [0.3, 0.4) is 0 Å². The van der Waals surface area contributed by atoms with Crippen LogP contribution < -0.4 is 0 Å². The van der Waals surface area contributed by atoms with E-state index in [2.05, 4.69) is 5.92 Å². The van der Waals surface area contributed by atoms with Gasteiger partial charge in [-0.05, 0) is 19.1 Å². The molecule has 52 valence electrons. The second-order valence-electron chi connectivity index (χ2n) is 2.02. The Labute approximate surface area is 64.3 Å². The number of aliphatic hydroxyl groups is 1. The van der Waals surface area contributed by atoms with Crippen molar-refractivity contribution in [3.05, 3.63) is 21.9 Å². The van der Waals surface area contributed by atoms with Crippen molar-refractivity contribution >= 4 is 11.3 Å². The van der Waals surface area contributed by atoms with Crippen molar-refractivity contribution in [2.45, 2.75) is 13.0 Å². The highest BCUT2D eigenvalue weighted by Gasteiger charge is 2.03. The molecule has 1 aromatic rings. The third-order valence-corrected chi connectivity index (χ3v) is 2.24. The first-order valence-electron chi connectivity index (χ1n) is 2.94. The molecule has 1 rings (SSSR count). The van der Waals surface area contributed by atoms with E-state index in [1.54, 1.807) is 0 Å². The third-order valence-electron chi connectivity index (χ3n) is 1.19. The fourth-order valence-electron chi connectivity index (χ4n) is 0.683. The summed E-state index contributed by atoms with van der Waals surface area (Å²) in [4.78, 5) is 2.02. The van der Waals surface area contributed by atoms with Gasteiger partial charge in [-0.3, -0.25) is 0 Å². The molecule has 0 saturated carbocycles. The number of terminal acetylenes is 1. The summed E-state index contributed by atoms with van der Waals surface area (Å²) in [6, 6.07) is 3.80. The largest absolute Gasteiger partial charge is 0.375 e. The number of aryl methyl sites for hydroxylation is 1. The highest BCUT2D eigenvalue weighted by Crippen LogP contribution is 2.21. The van der Waals surface area contributed by atoms with Gasteiger partial charge in [0.05, 0.1) is 0 Å². The monoisotopic (exact) mass is 152 g/mol. The zero-order chi connectivity index (χ0) is 7.56. The Hall–Kier alpha value is -0.780. The maximum atomic E-state index is 9.12. The van der Waals surface area contributed by atoms with Gasteiger partial charge in [0.25, 0.3) is 0 Å². The van der Waals surface area contributed by atoms with E-state index in [1.807, 2.05) is 19.1 Å². The van der Waals surface area contributed by atoms with Crippen LogP contribution in [0.4, 0.5) is 0 Å². The summed E-state index contributed by atoms with van der Waals surface area (Å²) >= 11 is 1.53. The maximum absolute atomic E-state index is 9.12. The molecule has 0 radical (unpaired) electrons. The summed E-state index contributed by atoms with van der Waals surface area (Å²) in [5, 5.41) is 9.12. The van der Waals surface area contributed by atoms with E-state index in [-0.39, 0.29) is 0 Å². The average Bonchev–Trinajstić information content (AvgIpc) is 2.34. The number of hydrogen-bond donors (Lipinski definition) is 1. The standard InChI is InChI=1S/C8H8OS/c1-3-7(9)8-5-4-6(2)10-8/h1,4-5,7,9H,2H3. The molecule has 1 aromatic heterocycles. The van der Waals surface area contributed by atoms with E-state index in [9.17, 15) is 0 Å². The van der Waals surface area contributed by atoms with Crippen LogP contribution in [0.25, 0.3) is 0 Å². The Balaban J connectivity index is 2.87. The SMILES string of the molecule is C#CC(O)c1ccc(C)s1. The number of thiophene rings is 1. The molecule has 1 unspecified atom stereocenters. The summed E-state index contributed by atoms with van der Waals surface area (Å²) < 4.78 is 0. The van der Waals surface area contributed by atoms with Gasteiger partial charge in [0.2, 0.25) is 0 Å². The Morgan fingerprint density at radius 2 is 2.40 bits per heavy atom. The molecular weight excluding hydrogens is 144 g/mol. The first kappa shape index (κ1) is 7.33. The molecule has 2 heteroatoms. The molecule has 0 fully saturated rings. The van der Waals surface area contributed by atoms with E-state index in [4.69, 9.17) is 11.5 Å². The van der Waals surface area contributed by atoms with Gasteiger partial charge in [-0.1, -0.05) is 5.92 Å². The van der Waals surface area contributed by atoms with Gasteiger partial charge in [-0.15, -0.1) is 17.8 Å². The van der Waals surface area contributed by atoms with Crippen LogP contribution >= 0.6 is 11.3 Å². The normalized spacial score (nSPS) is 12.5. The quantitative estimate of drug-likeness (QED) is 0.607. The van der Waals surface area contributed by atoms with Crippen LogP contribution in [0.5, 0.6) is 0 Å². The number of hydrogen-bond acceptors (Lipinski definition) is 2. The topological polar surface area (TPSA) is 20.2 Å². The van der Waals surface area contributed by atoms with Crippen LogP contribution in [-0.4, -0.2) is 5.11 Å². The number of aliphatic hydroxyl groups excluding tert-OH is 1. The molecule has 0 saturated heterocycles. The molecule has 0 aromatic carbocycles. The van der Waals surface area contributed by atoms with Crippen molar-refractivity contribution in [3.8, 4) is 12.3 Å². The van der Waals surface area contributed by atoms with Gasteiger partial charge in [0.1, 0.15) is 6.10 Å². The highest BCUT2D eigenvalue weighted by molar-refractivity contribution is 7.12. The third kappa shape index (κ3) is 1.38. The summed E-state index contributed by atoms with van der Waals surface area (Å²) in [6.45, 7) is 1.98. The highest BCUT2D eigenvalue weighted by atomic mass is 32.1. The van der Waals surface area contributed by atoms with Crippen molar-refractivity contribution in [3.63, 3.8) is 0 Å². The van der Waals surface area contributed by atoms with Crippen molar-refractivity contribution in [2.75, 3.05) is 0 Å². The summed E-state index contributed by atoms with van der Waals surface area (Å²) in [6.07, 6.45) is 4.30. The Bertz CT molecular complexity index is 256. The molecule has 0 aliphatic rings. The predicted octanol–water partition coefficient (Wildman–Crippen LogP) is 1.72. The molecule has 0 spiro atoms. The Kier molecular flexibility index (Phi) is 2.10. The summed E-state index contributed by atoms with van der Waals surface area (Å²) in [7, 11) is 0. The van der Waals surface area contributed by atoms with Crippen molar-refractivity contribution in [1.29, 1.82) is 0 Å². The van der Waals surface area contributed by atoms with E-state index in [1.165, 1.54) is 16.2 Å². The zero-order valence-corrected chi connectivity index (χ0v) is 6.48. The molecule has 0 bridgehead atoms. The lowest BCUT2D eigenvalue weighted by Crippen LogP contribution is -1.86. The first-order valence-corrected chi connectivity index (χ1v) is 3.76.